The van der Waals surface area contributed by atoms with Gasteiger partial charge in [-0.15, -0.1) is 11.3 Å². The highest BCUT2D eigenvalue weighted by atomic mass is 32.1. The van der Waals surface area contributed by atoms with Crippen molar-refractivity contribution in [3.63, 3.8) is 0 Å². The Morgan fingerprint density at radius 2 is 2.00 bits per heavy atom. The normalized spacial score (nSPS) is 12.6. The molecule has 2 rings (SSSR count). The van der Waals surface area contributed by atoms with Gasteiger partial charge in [-0.1, -0.05) is 37.6 Å². The van der Waals surface area contributed by atoms with Gasteiger partial charge in [-0.05, 0) is 37.8 Å². The number of aromatic nitrogens is 1. The van der Waals surface area contributed by atoms with Crippen molar-refractivity contribution in [2.45, 2.75) is 52.6 Å². The van der Waals surface area contributed by atoms with Crippen molar-refractivity contribution in [3.05, 3.63) is 51.5 Å². The number of rotatable bonds is 7. The Morgan fingerprint density at radius 1 is 1.25 bits per heavy atom. The Balaban J connectivity index is 1.86. The molecule has 3 heteroatoms. The summed E-state index contributed by atoms with van der Waals surface area (Å²) in [5.41, 5.74) is 3.93. The van der Waals surface area contributed by atoms with E-state index in [4.69, 9.17) is 0 Å². The van der Waals surface area contributed by atoms with E-state index in [-0.39, 0.29) is 0 Å². The molecule has 0 spiro atoms. The van der Waals surface area contributed by atoms with Gasteiger partial charge in [-0.25, -0.2) is 4.98 Å². The van der Waals surface area contributed by atoms with Crippen molar-refractivity contribution >= 4 is 11.3 Å². The van der Waals surface area contributed by atoms with E-state index < -0.39 is 0 Å². The van der Waals surface area contributed by atoms with Crippen LogP contribution in [0.2, 0.25) is 0 Å². The van der Waals surface area contributed by atoms with E-state index >= 15 is 0 Å². The molecule has 0 aliphatic rings. The summed E-state index contributed by atoms with van der Waals surface area (Å²) >= 11 is 1.71. The molecule has 2 aromatic rings. The van der Waals surface area contributed by atoms with Crippen LogP contribution in [0.3, 0.4) is 0 Å². The molecule has 108 valence electrons. The maximum Gasteiger partial charge on any atom is 0.0897 e. The Morgan fingerprint density at radius 3 is 2.60 bits per heavy atom. The second-order valence-electron chi connectivity index (χ2n) is 5.31. The first kappa shape index (κ1) is 15.2. The first-order valence-electron chi connectivity index (χ1n) is 7.42. The first-order chi connectivity index (χ1) is 9.69. The van der Waals surface area contributed by atoms with Gasteiger partial charge in [0.1, 0.15) is 0 Å². The molecule has 1 unspecified atom stereocenters. The number of thiazole rings is 1. The molecule has 0 radical (unpaired) electrons. The molecule has 1 aromatic carbocycles. The predicted molar refractivity (Wildman–Crippen MR) is 87.2 cm³/mol. The minimum Gasteiger partial charge on any atom is -0.305 e. The van der Waals surface area contributed by atoms with Gasteiger partial charge >= 0.3 is 0 Å². The molecule has 0 aliphatic carbocycles. The molecule has 1 N–H and O–H groups in total. The smallest absolute Gasteiger partial charge is 0.0897 e. The average molecular weight is 288 g/mol. The van der Waals surface area contributed by atoms with Gasteiger partial charge in [-0.3, -0.25) is 0 Å². The van der Waals surface area contributed by atoms with Crippen LogP contribution in [-0.2, 0) is 13.0 Å². The summed E-state index contributed by atoms with van der Waals surface area (Å²) in [6, 6.07) is 9.37. The molecule has 1 aromatic heterocycles. The molecule has 0 aliphatic heterocycles. The molecule has 1 atom stereocenters. The van der Waals surface area contributed by atoms with Crippen LogP contribution in [0.5, 0.6) is 0 Å². The van der Waals surface area contributed by atoms with Crippen LogP contribution in [0, 0.1) is 6.92 Å². The molecule has 0 amide bonds. The van der Waals surface area contributed by atoms with Crippen LogP contribution in [0.1, 0.15) is 54.6 Å². The molecule has 20 heavy (non-hydrogen) atoms. The SMILES string of the molecule is CCCCc1ccc(C(C)NCc2csc(C)n2)cc1. The number of hydrogen-bond donors (Lipinski definition) is 1. The maximum absolute atomic E-state index is 4.48. The topological polar surface area (TPSA) is 24.9 Å². The van der Waals surface area contributed by atoms with Crippen molar-refractivity contribution in [1.82, 2.24) is 10.3 Å². The monoisotopic (exact) mass is 288 g/mol. The zero-order valence-electron chi connectivity index (χ0n) is 12.6. The zero-order valence-corrected chi connectivity index (χ0v) is 13.5. The summed E-state index contributed by atoms with van der Waals surface area (Å²) < 4.78 is 0. The number of hydrogen-bond acceptors (Lipinski definition) is 3. The van der Waals surface area contributed by atoms with Crippen molar-refractivity contribution in [2.75, 3.05) is 0 Å². The summed E-state index contributed by atoms with van der Waals surface area (Å²) in [5.74, 6) is 0. The third-order valence-corrected chi connectivity index (χ3v) is 4.38. The molecule has 2 nitrogen and oxygen atoms in total. The summed E-state index contributed by atoms with van der Waals surface area (Å²) in [6.45, 7) is 7.33. The fourth-order valence-electron chi connectivity index (χ4n) is 2.22. The number of benzene rings is 1. The lowest BCUT2D eigenvalue weighted by Gasteiger charge is -2.14. The lowest BCUT2D eigenvalue weighted by atomic mass is 10.0. The van der Waals surface area contributed by atoms with Gasteiger partial charge < -0.3 is 5.32 Å². The highest BCUT2D eigenvalue weighted by Crippen LogP contribution is 2.16. The fourth-order valence-corrected chi connectivity index (χ4v) is 2.83. The van der Waals surface area contributed by atoms with Gasteiger partial charge in [0.15, 0.2) is 0 Å². The second kappa shape index (κ2) is 7.55. The van der Waals surface area contributed by atoms with Crippen LogP contribution in [0.25, 0.3) is 0 Å². The molecular weight excluding hydrogens is 264 g/mol. The van der Waals surface area contributed by atoms with Gasteiger partial charge in [-0.2, -0.15) is 0 Å². The van der Waals surface area contributed by atoms with Crippen LogP contribution >= 0.6 is 11.3 Å². The number of nitrogens with one attached hydrogen (secondary N) is 1. The third kappa shape index (κ3) is 4.43. The quantitative estimate of drug-likeness (QED) is 0.802. The zero-order chi connectivity index (χ0) is 14.4. The fraction of sp³-hybridized carbons (Fsp3) is 0.471. The lowest BCUT2D eigenvalue weighted by Crippen LogP contribution is -2.18. The van der Waals surface area contributed by atoms with E-state index in [0.717, 1.165) is 17.2 Å². The van der Waals surface area contributed by atoms with E-state index in [2.05, 4.69) is 53.8 Å². The van der Waals surface area contributed by atoms with Crippen LogP contribution in [-0.4, -0.2) is 4.98 Å². The molecule has 0 saturated carbocycles. The molecular formula is C17H24N2S. The van der Waals surface area contributed by atoms with Crippen LogP contribution < -0.4 is 5.32 Å². The van der Waals surface area contributed by atoms with Crippen molar-refractivity contribution in [1.29, 1.82) is 0 Å². The third-order valence-electron chi connectivity index (χ3n) is 3.55. The molecule has 0 fully saturated rings. The number of aryl methyl sites for hydroxylation is 2. The van der Waals surface area contributed by atoms with Gasteiger partial charge in [0.2, 0.25) is 0 Å². The van der Waals surface area contributed by atoms with E-state index in [1.165, 1.54) is 30.4 Å². The van der Waals surface area contributed by atoms with E-state index in [1.807, 2.05) is 6.92 Å². The van der Waals surface area contributed by atoms with E-state index in [9.17, 15) is 0 Å². The molecule has 0 saturated heterocycles. The maximum atomic E-state index is 4.48. The highest BCUT2D eigenvalue weighted by molar-refractivity contribution is 7.09. The summed E-state index contributed by atoms with van der Waals surface area (Å²) in [5, 5.41) is 6.80. The summed E-state index contributed by atoms with van der Waals surface area (Å²) in [4.78, 5) is 4.48. The van der Waals surface area contributed by atoms with Crippen molar-refractivity contribution < 1.29 is 0 Å². The predicted octanol–water partition coefficient (Wildman–Crippen LogP) is 4.64. The average Bonchev–Trinajstić information content (AvgIpc) is 2.89. The Hall–Kier alpha value is -1.19. The van der Waals surface area contributed by atoms with Gasteiger partial charge in [0, 0.05) is 18.0 Å². The first-order valence-corrected chi connectivity index (χ1v) is 8.30. The highest BCUT2D eigenvalue weighted by Gasteiger charge is 2.06. The largest absolute Gasteiger partial charge is 0.305 e. The number of nitrogens with zero attached hydrogens (tertiary/aromatic N) is 1. The minimum atomic E-state index is 0.359. The Kier molecular flexibility index (Phi) is 5.74. The Bertz CT molecular complexity index is 516. The lowest BCUT2D eigenvalue weighted by molar-refractivity contribution is 0.568. The van der Waals surface area contributed by atoms with Gasteiger partial charge in [0.25, 0.3) is 0 Å². The minimum absolute atomic E-state index is 0.359. The second-order valence-corrected chi connectivity index (χ2v) is 6.37. The van der Waals surface area contributed by atoms with Crippen molar-refractivity contribution in [3.8, 4) is 0 Å². The molecule has 0 bridgehead atoms. The summed E-state index contributed by atoms with van der Waals surface area (Å²) in [6.07, 6.45) is 3.72. The van der Waals surface area contributed by atoms with Crippen molar-refractivity contribution in [2.24, 2.45) is 0 Å². The molecule has 1 heterocycles. The standard InChI is InChI=1S/C17H24N2S/c1-4-5-6-15-7-9-16(10-8-15)13(2)18-11-17-12-20-14(3)19-17/h7-10,12-13,18H,4-6,11H2,1-3H3. The van der Waals surface area contributed by atoms with E-state index in [0.29, 0.717) is 6.04 Å². The Labute approximate surface area is 126 Å². The van der Waals surface area contributed by atoms with Crippen LogP contribution in [0.4, 0.5) is 0 Å². The van der Waals surface area contributed by atoms with E-state index in [1.54, 1.807) is 11.3 Å². The van der Waals surface area contributed by atoms with Crippen LogP contribution in [0.15, 0.2) is 29.6 Å². The van der Waals surface area contributed by atoms with Gasteiger partial charge in [0.05, 0.1) is 10.7 Å². The summed E-state index contributed by atoms with van der Waals surface area (Å²) in [7, 11) is 0. The number of unbranched alkanes of at least 4 members (excludes halogenated alkanes) is 1.